The molecule has 0 fully saturated rings. The molecule has 0 bridgehead atoms. The van der Waals surface area contributed by atoms with Crippen LogP contribution in [-0.4, -0.2) is 9.97 Å². The zero-order valence-corrected chi connectivity index (χ0v) is 14.6. The lowest BCUT2D eigenvalue weighted by Gasteiger charge is -2.07. The van der Waals surface area contributed by atoms with Gasteiger partial charge in [0, 0.05) is 4.90 Å². The second-order valence-electron chi connectivity index (χ2n) is 3.76. The standard InChI is InChI=1S/C13H11Cl2IN2S/c1-2-9-12(16)13(15)18-11(17-9)7-19-10-6-4-3-5-8(10)14/h3-6H,2,7H2,1H3. The van der Waals surface area contributed by atoms with Crippen molar-refractivity contribution in [3.8, 4) is 0 Å². The van der Waals surface area contributed by atoms with Gasteiger partial charge in [0.1, 0.15) is 11.0 Å². The molecule has 2 aromatic rings. The zero-order chi connectivity index (χ0) is 13.8. The molecule has 0 unspecified atom stereocenters. The number of aromatic nitrogens is 2. The molecule has 0 N–H and O–H groups in total. The van der Waals surface area contributed by atoms with Crippen molar-refractivity contribution in [1.82, 2.24) is 9.97 Å². The fourth-order valence-corrected chi connectivity index (χ4v) is 3.44. The summed E-state index contributed by atoms with van der Waals surface area (Å²) < 4.78 is 0.938. The molecule has 1 aromatic carbocycles. The molecule has 0 radical (unpaired) electrons. The fraction of sp³-hybridized carbons (Fsp3) is 0.231. The van der Waals surface area contributed by atoms with Gasteiger partial charge in [0.05, 0.1) is 20.0 Å². The van der Waals surface area contributed by atoms with E-state index in [9.17, 15) is 0 Å². The van der Waals surface area contributed by atoms with Crippen molar-refractivity contribution in [1.29, 1.82) is 0 Å². The van der Waals surface area contributed by atoms with Gasteiger partial charge in [0.15, 0.2) is 0 Å². The van der Waals surface area contributed by atoms with E-state index < -0.39 is 0 Å². The summed E-state index contributed by atoms with van der Waals surface area (Å²) >= 11 is 16.0. The fourth-order valence-electron chi connectivity index (χ4n) is 1.51. The van der Waals surface area contributed by atoms with Crippen molar-refractivity contribution >= 4 is 57.6 Å². The van der Waals surface area contributed by atoms with Gasteiger partial charge in [0.2, 0.25) is 0 Å². The van der Waals surface area contributed by atoms with Crippen LogP contribution in [0.3, 0.4) is 0 Å². The quantitative estimate of drug-likeness (QED) is 0.381. The Labute approximate surface area is 140 Å². The van der Waals surface area contributed by atoms with E-state index in [0.717, 1.165) is 31.4 Å². The summed E-state index contributed by atoms with van der Waals surface area (Å²) in [5.41, 5.74) is 0.996. The number of halogens is 3. The molecule has 2 rings (SSSR count). The van der Waals surface area contributed by atoms with Gasteiger partial charge in [-0.15, -0.1) is 11.8 Å². The highest BCUT2D eigenvalue weighted by Gasteiger charge is 2.10. The third-order valence-electron chi connectivity index (χ3n) is 2.45. The Hall–Kier alpha value is -0.0400. The van der Waals surface area contributed by atoms with Crippen molar-refractivity contribution in [3.63, 3.8) is 0 Å². The Morgan fingerprint density at radius 1 is 1.21 bits per heavy atom. The Morgan fingerprint density at radius 2 is 1.95 bits per heavy atom. The summed E-state index contributed by atoms with van der Waals surface area (Å²) in [5.74, 6) is 1.40. The highest BCUT2D eigenvalue weighted by atomic mass is 127. The number of benzene rings is 1. The van der Waals surface area contributed by atoms with Crippen LogP contribution in [0.5, 0.6) is 0 Å². The number of aryl methyl sites for hydroxylation is 1. The second-order valence-corrected chi connectivity index (χ2v) is 6.63. The highest BCUT2D eigenvalue weighted by Crippen LogP contribution is 2.29. The third kappa shape index (κ3) is 3.97. The molecule has 0 aliphatic rings. The Balaban J connectivity index is 2.16. The Morgan fingerprint density at radius 3 is 2.63 bits per heavy atom. The van der Waals surface area contributed by atoms with E-state index in [1.165, 1.54) is 0 Å². The lowest BCUT2D eigenvalue weighted by Crippen LogP contribution is -2.01. The van der Waals surface area contributed by atoms with Crippen LogP contribution < -0.4 is 0 Å². The van der Waals surface area contributed by atoms with Crippen LogP contribution in [-0.2, 0) is 12.2 Å². The molecule has 0 aliphatic heterocycles. The first-order chi connectivity index (χ1) is 9.11. The molecular formula is C13H11Cl2IN2S. The number of hydrogen-bond acceptors (Lipinski definition) is 3. The van der Waals surface area contributed by atoms with E-state index in [2.05, 4.69) is 39.5 Å². The van der Waals surface area contributed by atoms with Gasteiger partial charge >= 0.3 is 0 Å². The van der Waals surface area contributed by atoms with Crippen LogP contribution in [0.25, 0.3) is 0 Å². The lowest BCUT2D eigenvalue weighted by atomic mass is 10.3. The van der Waals surface area contributed by atoms with Crippen LogP contribution in [0, 0.1) is 3.57 Å². The Kier molecular flexibility index (Phi) is 5.74. The van der Waals surface area contributed by atoms with Gasteiger partial charge in [-0.2, -0.15) is 0 Å². The van der Waals surface area contributed by atoms with E-state index >= 15 is 0 Å². The van der Waals surface area contributed by atoms with Crippen molar-refractivity contribution in [3.05, 3.63) is 49.5 Å². The van der Waals surface area contributed by atoms with Crippen molar-refractivity contribution in [2.75, 3.05) is 0 Å². The summed E-state index contributed by atoms with van der Waals surface area (Å²) in [5, 5.41) is 1.28. The van der Waals surface area contributed by atoms with Crippen molar-refractivity contribution < 1.29 is 0 Å². The minimum Gasteiger partial charge on any atom is -0.236 e. The van der Waals surface area contributed by atoms with Crippen LogP contribution >= 0.6 is 57.6 Å². The first-order valence-corrected chi connectivity index (χ1v) is 8.52. The van der Waals surface area contributed by atoms with Gasteiger partial charge in [-0.25, -0.2) is 9.97 Å². The normalized spacial score (nSPS) is 10.7. The second kappa shape index (κ2) is 7.11. The number of thioether (sulfide) groups is 1. The average Bonchev–Trinajstić information content (AvgIpc) is 2.41. The summed E-state index contributed by atoms with van der Waals surface area (Å²) in [6, 6.07) is 7.75. The summed E-state index contributed by atoms with van der Waals surface area (Å²) in [6.07, 6.45) is 0.851. The van der Waals surface area contributed by atoms with Crippen LogP contribution in [0.1, 0.15) is 18.4 Å². The SMILES string of the molecule is CCc1nc(CSc2ccccc2Cl)nc(Cl)c1I. The van der Waals surface area contributed by atoms with E-state index in [1.807, 2.05) is 24.3 Å². The summed E-state index contributed by atoms with van der Waals surface area (Å²) in [4.78, 5) is 9.87. The average molecular weight is 425 g/mol. The molecule has 1 aromatic heterocycles. The monoisotopic (exact) mass is 424 g/mol. The first-order valence-electron chi connectivity index (χ1n) is 5.70. The van der Waals surface area contributed by atoms with Gasteiger partial charge in [-0.1, -0.05) is 42.3 Å². The molecule has 0 atom stereocenters. The molecule has 0 saturated carbocycles. The maximum atomic E-state index is 6.12. The van der Waals surface area contributed by atoms with Gasteiger partial charge in [-0.05, 0) is 41.1 Å². The molecule has 100 valence electrons. The zero-order valence-electron chi connectivity index (χ0n) is 10.2. The molecular weight excluding hydrogens is 414 g/mol. The lowest BCUT2D eigenvalue weighted by molar-refractivity contribution is 0.927. The Bertz CT molecular complexity index is 593. The largest absolute Gasteiger partial charge is 0.236 e. The number of rotatable bonds is 4. The maximum Gasteiger partial charge on any atom is 0.146 e. The van der Waals surface area contributed by atoms with E-state index in [0.29, 0.717) is 10.9 Å². The third-order valence-corrected chi connectivity index (χ3v) is 5.69. The minimum absolute atomic E-state index is 0.530. The van der Waals surface area contributed by atoms with Crippen LogP contribution in [0.2, 0.25) is 10.2 Å². The smallest absolute Gasteiger partial charge is 0.146 e. The molecule has 19 heavy (non-hydrogen) atoms. The first kappa shape index (κ1) is 15.4. The molecule has 0 saturated heterocycles. The van der Waals surface area contributed by atoms with Crippen molar-refractivity contribution in [2.45, 2.75) is 24.0 Å². The van der Waals surface area contributed by atoms with E-state index in [1.54, 1.807) is 11.8 Å². The molecule has 2 nitrogen and oxygen atoms in total. The molecule has 0 amide bonds. The van der Waals surface area contributed by atoms with E-state index in [4.69, 9.17) is 23.2 Å². The van der Waals surface area contributed by atoms with Crippen molar-refractivity contribution in [2.24, 2.45) is 0 Å². The van der Waals surface area contributed by atoms with Gasteiger partial charge < -0.3 is 0 Å². The topological polar surface area (TPSA) is 25.8 Å². The van der Waals surface area contributed by atoms with Gasteiger partial charge in [0.25, 0.3) is 0 Å². The molecule has 0 spiro atoms. The number of nitrogens with zero attached hydrogens (tertiary/aromatic N) is 2. The number of hydrogen-bond donors (Lipinski definition) is 0. The molecule has 1 heterocycles. The molecule has 0 aliphatic carbocycles. The van der Waals surface area contributed by atoms with E-state index in [-0.39, 0.29) is 0 Å². The predicted molar refractivity (Wildman–Crippen MR) is 90.2 cm³/mol. The molecule has 6 heteroatoms. The summed E-state index contributed by atoms with van der Waals surface area (Å²) in [7, 11) is 0. The highest BCUT2D eigenvalue weighted by molar-refractivity contribution is 14.1. The minimum atomic E-state index is 0.530. The maximum absolute atomic E-state index is 6.12. The van der Waals surface area contributed by atoms with Gasteiger partial charge in [-0.3, -0.25) is 0 Å². The van der Waals surface area contributed by atoms with Crippen LogP contribution in [0.4, 0.5) is 0 Å². The van der Waals surface area contributed by atoms with Crippen LogP contribution in [0.15, 0.2) is 29.2 Å². The summed E-state index contributed by atoms with van der Waals surface area (Å²) in [6.45, 7) is 2.06. The predicted octanol–water partition coefficient (Wildman–Crippen LogP) is 5.24.